The van der Waals surface area contributed by atoms with E-state index in [4.69, 9.17) is 9.84 Å². The molecule has 0 aliphatic carbocycles. The Labute approximate surface area is 114 Å². The van der Waals surface area contributed by atoms with Crippen molar-refractivity contribution in [1.82, 2.24) is 4.72 Å². The van der Waals surface area contributed by atoms with Crippen molar-refractivity contribution >= 4 is 16.0 Å². The molecule has 0 saturated heterocycles. The molecule has 2 atom stereocenters. The Morgan fingerprint density at radius 2 is 1.89 bits per heavy atom. The molecule has 19 heavy (non-hydrogen) atoms. The molecule has 8 heteroatoms. The summed E-state index contributed by atoms with van der Waals surface area (Å²) in [5.74, 6) is -1.58. The van der Waals surface area contributed by atoms with Gasteiger partial charge in [0.15, 0.2) is 0 Å². The number of nitrogens with one attached hydrogen (secondary N) is 1. The summed E-state index contributed by atoms with van der Waals surface area (Å²) >= 11 is 0. The fourth-order valence-corrected chi connectivity index (χ4v) is 2.60. The van der Waals surface area contributed by atoms with Crippen LogP contribution < -0.4 is 4.72 Å². The Balaban J connectivity index is 4.80. The van der Waals surface area contributed by atoms with Crippen LogP contribution in [-0.4, -0.2) is 56.7 Å². The van der Waals surface area contributed by atoms with E-state index in [0.717, 1.165) is 0 Å². The van der Waals surface area contributed by atoms with Crippen LogP contribution in [0.25, 0.3) is 0 Å². The molecule has 0 aromatic rings. The molecule has 0 unspecified atom stereocenters. The summed E-state index contributed by atoms with van der Waals surface area (Å²) in [4.78, 5) is 11.1. The first-order valence-electron chi connectivity index (χ1n) is 5.88. The highest BCUT2D eigenvalue weighted by molar-refractivity contribution is 7.89. The van der Waals surface area contributed by atoms with Crippen LogP contribution in [0.1, 0.15) is 27.7 Å². The Kier molecular flexibility index (Phi) is 6.92. The lowest BCUT2D eigenvalue weighted by Gasteiger charge is -2.29. The van der Waals surface area contributed by atoms with E-state index in [9.17, 15) is 13.2 Å². The fraction of sp³-hybridized carbons (Fsp3) is 0.909. The van der Waals surface area contributed by atoms with Crippen LogP contribution in [0.3, 0.4) is 0 Å². The number of sulfonamides is 1. The van der Waals surface area contributed by atoms with Crippen LogP contribution in [0, 0.1) is 0 Å². The Morgan fingerprint density at radius 3 is 2.26 bits per heavy atom. The zero-order chi connectivity index (χ0) is 15.3. The average molecular weight is 297 g/mol. The number of carbonyl (C=O) groups is 1. The molecule has 0 aromatic carbocycles. The lowest BCUT2D eigenvalue weighted by atomic mass is 10.1. The number of carboxylic acids is 1. The van der Waals surface area contributed by atoms with Crippen LogP contribution in [0.5, 0.6) is 0 Å². The highest BCUT2D eigenvalue weighted by atomic mass is 32.2. The first kappa shape index (κ1) is 18.3. The molecule has 0 amide bonds. The van der Waals surface area contributed by atoms with E-state index in [-0.39, 0.29) is 12.4 Å². The SMILES string of the molecule is COCCS(=O)(=O)N[C@H](C(=O)O)[C@@H](C)OC(C)(C)C. The number of hydrogen-bond acceptors (Lipinski definition) is 5. The molecule has 0 heterocycles. The van der Waals surface area contributed by atoms with Crippen molar-refractivity contribution in [2.24, 2.45) is 0 Å². The van der Waals surface area contributed by atoms with Crippen LogP contribution in [0.2, 0.25) is 0 Å². The number of aliphatic carboxylic acids is 1. The minimum Gasteiger partial charge on any atom is -0.480 e. The molecular formula is C11H23NO6S. The van der Waals surface area contributed by atoms with Crippen LogP contribution in [0.15, 0.2) is 0 Å². The fourth-order valence-electron chi connectivity index (χ4n) is 1.42. The Bertz CT molecular complexity index is 386. The highest BCUT2D eigenvalue weighted by Crippen LogP contribution is 2.13. The van der Waals surface area contributed by atoms with Gasteiger partial charge in [-0.15, -0.1) is 0 Å². The molecule has 0 bridgehead atoms. The number of rotatable bonds is 8. The van der Waals surface area contributed by atoms with Gasteiger partial charge in [-0.05, 0) is 27.7 Å². The maximum atomic E-state index is 11.7. The predicted octanol–water partition coefficient (Wildman–Crippen LogP) is 0.209. The zero-order valence-electron chi connectivity index (χ0n) is 12.0. The lowest BCUT2D eigenvalue weighted by molar-refractivity contribution is -0.146. The molecule has 2 N–H and O–H groups in total. The standard InChI is InChI=1S/C11H23NO6S/c1-8(18-11(2,3)4)9(10(13)14)12-19(15,16)7-6-17-5/h8-9,12H,6-7H2,1-5H3,(H,13,14)/t8-,9+/m1/s1. The van der Waals surface area contributed by atoms with Gasteiger partial charge in [-0.2, -0.15) is 4.72 Å². The van der Waals surface area contributed by atoms with Crippen LogP contribution >= 0.6 is 0 Å². The van der Waals surface area contributed by atoms with Crippen molar-refractivity contribution in [2.45, 2.75) is 45.4 Å². The van der Waals surface area contributed by atoms with Gasteiger partial charge in [-0.3, -0.25) is 4.79 Å². The van der Waals surface area contributed by atoms with Gasteiger partial charge < -0.3 is 14.6 Å². The largest absolute Gasteiger partial charge is 0.480 e. The molecule has 0 spiro atoms. The molecule has 7 nitrogen and oxygen atoms in total. The van der Waals surface area contributed by atoms with Gasteiger partial charge in [0.2, 0.25) is 10.0 Å². The molecule has 0 saturated carbocycles. The molecule has 0 aliphatic rings. The van der Waals surface area contributed by atoms with E-state index < -0.39 is 33.7 Å². The number of methoxy groups -OCH3 is 1. The average Bonchev–Trinajstić information content (AvgIpc) is 2.20. The van der Waals surface area contributed by atoms with Crippen molar-refractivity contribution < 1.29 is 27.8 Å². The van der Waals surface area contributed by atoms with Gasteiger partial charge in [-0.25, -0.2) is 8.42 Å². The monoisotopic (exact) mass is 297 g/mol. The molecule has 0 radical (unpaired) electrons. The molecule has 0 aliphatic heterocycles. The second kappa shape index (κ2) is 7.18. The maximum Gasteiger partial charge on any atom is 0.324 e. The minimum atomic E-state index is -3.72. The van der Waals surface area contributed by atoms with Crippen molar-refractivity contribution in [3.8, 4) is 0 Å². The molecule has 0 rings (SSSR count). The van der Waals surface area contributed by atoms with Crippen molar-refractivity contribution in [2.75, 3.05) is 19.5 Å². The lowest BCUT2D eigenvalue weighted by Crippen LogP contribution is -2.51. The molecular weight excluding hydrogens is 274 g/mol. The van der Waals surface area contributed by atoms with E-state index in [2.05, 4.69) is 9.46 Å². The first-order valence-corrected chi connectivity index (χ1v) is 7.53. The van der Waals surface area contributed by atoms with E-state index in [1.54, 1.807) is 20.8 Å². The summed E-state index contributed by atoms with van der Waals surface area (Å²) in [6.07, 6.45) is -0.796. The van der Waals surface area contributed by atoms with Gasteiger partial charge >= 0.3 is 5.97 Å². The summed E-state index contributed by atoms with van der Waals surface area (Å²) in [7, 11) is -2.35. The Morgan fingerprint density at radius 1 is 1.37 bits per heavy atom. The van der Waals surface area contributed by atoms with E-state index >= 15 is 0 Å². The topological polar surface area (TPSA) is 102 Å². The molecule has 0 fully saturated rings. The zero-order valence-corrected chi connectivity index (χ0v) is 12.8. The van der Waals surface area contributed by atoms with E-state index in [1.165, 1.54) is 14.0 Å². The van der Waals surface area contributed by atoms with Crippen LogP contribution in [-0.2, 0) is 24.3 Å². The summed E-state index contributed by atoms with van der Waals surface area (Å²) in [6.45, 7) is 6.81. The number of ether oxygens (including phenoxy) is 2. The third-order valence-corrected chi connectivity index (χ3v) is 3.45. The normalized spacial score (nSPS) is 16.1. The Hall–Kier alpha value is -0.700. The first-order chi connectivity index (χ1) is 8.48. The van der Waals surface area contributed by atoms with Gasteiger partial charge in [0.25, 0.3) is 0 Å². The summed E-state index contributed by atoms with van der Waals surface area (Å²) in [6, 6.07) is -1.33. The smallest absolute Gasteiger partial charge is 0.324 e. The second-order valence-electron chi connectivity index (χ2n) is 5.18. The molecule has 0 aromatic heterocycles. The maximum absolute atomic E-state index is 11.7. The van der Waals surface area contributed by atoms with Crippen LogP contribution in [0.4, 0.5) is 0 Å². The number of carboxylic acid groups (broad SMARTS) is 1. The predicted molar refractivity (Wildman–Crippen MR) is 70.5 cm³/mol. The van der Waals surface area contributed by atoms with Gasteiger partial charge in [0.1, 0.15) is 6.04 Å². The van der Waals surface area contributed by atoms with Crippen molar-refractivity contribution in [3.63, 3.8) is 0 Å². The van der Waals surface area contributed by atoms with E-state index in [0.29, 0.717) is 0 Å². The quantitative estimate of drug-likeness (QED) is 0.664. The second-order valence-corrected chi connectivity index (χ2v) is 7.05. The minimum absolute atomic E-state index is 0.00379. The van der Waals surface area contributed by atoms with Gasteiger partial charge in [0.05, 0.1) is 24.1 Å². The third-order valence-electron chi connectivity index (χ3n) is 2.14. The van der Waals surface area contributed by atoms with Crippen molar-refractivity contribution in [1.29, 1.82) is 0 Å². The summed E-state index contributed by atoms with van der Waals surface area (Å²) in [5.41, 5.74) is -0.564. The van der Waals surface area contributed by atoms with Gasteiger partial charge in [-0.1, -0.05) is 0 Å². The van der Waals surface area contributed by atoms with Gasteiger partial charge in [0, 0.05) is 7.11 Å². The number of hydrogen-bond donors (Lipinski definition) is 2. The highest BCUT2D eigenvalue weighted by Gasteiger charge is 2.32. The molecule has 114 valence electrons. The summed E-state index contributed by atoms with van der Waals surface area (Å²) in [5, 5.41) is 9.09. The third kappa shape index (κ3) is 8.14. The summed E-state index contributed by atoms with van der Waals surface area (Å²) < 4.78 is 35.6. The van der Waals surface area contributed by atoms with E-state index in [1.807, 2.05) is 0 Å². The van der Waals surface area contributed by atoms with Crippen molar-refractivity contribution in [3.05, 3.63) is 0 Å².